The van der Waals surface area contributed by atoms with E-state index < -0.39 is 0 Å². The number of nitrogens with zero attached hydrogens (tertiary/aromatic N) is 5. The Morgan fingerprint density at radius 2 is 1.80 bits per heavy atom. The number of aryl methyl sites for hydroxylation is 1. The first-order valence-electron chi connectivity index (χ1n) is 8.36. The number of imidazole rings is 2. The molecule has 1 aromatic carbocycles. The molecule has 0 amide bonds. The minimum Gasteiger partial charge on any atom is -0.337 e. The van der Waals surface area contributed by atoms with Crippen molar-refractivity contribution in [1.29, 1.82) is 0 Å². The molecule has 5 nitrogen and oxygen atoms in total. The van der Waals surface area contributed by atoms with Crippen LogP contribution in [0.4, 0.5) is 0 Å². The van der Waals surface area contributed by atoms with Gasteiger partial charge in [-0.15, -0.1) is 0 Å². The lowest BCUT2D eigenvalue weighted by Crippen LogP contribution is -2.14. The number of hydrogen-bond donors (Lipinski definition) is 0. The van der Waals surface area contributed by atoms with Crippen molar-refractivity contribution in [3.8, 4) is 11.4 Å². The summed E-state index contributed by atoms with van der Waals surface area (Å²) in [4.78, 5) is 13.0. The molecule has 0 N–H and O–H groups in total. The van der Waals surface area contributed by atoms with Crippen LogP contribution in [0.5, 0.6) is 0 Å². The van der Waals surface area contributed by atoms with Crippen molar-refractivity contribution in [1.82, 2.24) is 24.1 Å². The van der Waals surface area contributed by atoms with Gasteiger partial charge in [0.05, 0.1) is 12.4 Å². The molecule has 25 heavy (non-hydrogen) atoms. The molecular weight excluding hydrogens is 310 g/mol. The Labute approximate surface area is 146 Å². The van der Waals surface area contributed by atoms with E-state index in [2.05, 4.69) is 48.4 Å². The molecule has 0 aliphatic heterocycles. The van der Waals surface area contributed by atoms with Crippen LogP contribution in [0.15, 0.2) is 86.0 Å². The number of aromatic nitrogens is 5. The van der Waals surface area contributed by atoms with Crippen LogP contribution in [0, 0.1) is 0 Å². The number of benzene rings is 1. The molecule has 1 atom stereocenters. The van der Waals surface area contributed by atoms with Gasteiger partial charge in [-0.3, -0.25) is 4.98 Å². The van der Waals surface area contributed by atoms with Gasteiger partial charge in [0, 0.05) is 49.3 Å². The molecule has 0 spiro atoms. The third-order valence-corrected chi connectivity index (χ3v) is 4.33. The lowest BCUT2D eigenvalue weighted by molar-refractivity contribution is 0.494. The molecule has 0 saturated carbocycles. The van der Waals surface area contributed by atoms with Gasteiger partial charge < -0.3 is 9.13 Å². The van der Waals surface area contributed by atoms with E-state index in [-0.39, 0.29) is 6.04 Å². The summed E-state index contributed by atoms with van der Waals surface area (Å²) in [5.74, 6) is 0.938. The average molecular weight is 329 g/mol. The van der Waals surface area contributed by atoms with Crippen LogP contribution < -0.4 is 0 Å². The predicted molar refractivity (Wildman–Crippen MR) is 96.9 cm³/mol. The molecule has 1 unspecified atom stereocenters. The van der Waals surface area contributed by atoms with Crippen molar-refractivity contribution in [2.45, 2.75) is 19.0 Å². The molecule has 0 fully saturated rings. The van der Waals surface area contributed by atoms with Gasteiger partial charge in [0.2, 0.25) is 0 Å². The molecule has 4 aromatic rings. The molecule has 5 heteroatoms. The van der Waals surface area contributed by atoms with Gasteiger partial charge in [-0.2, -0.15) is 0 Å². The van der Waals surface area contributed by atoms with Crippen LogP contribution >= 0.6 is 0 Å². The van der Waals surface area contributed by atoms with E-state index in [4.69, 9.17) is 0 Å². The first-order chi connectivity index (χ1) is 12.4. The quantitative estimate of drug-likeness (QED) is 0.540. The summed E-state index contributed by atoms with van der Waals surface area (Å²) in [5, 5.41) is 0. The maximum absolute atomic E-state index is 4.58. The third kappa shape index (κ3) is 3.35. The van der Waals surface area contributed by atoms with E-state index in [1.807, 2.05) is 55.5 Å². The Morgan fingerprint density at radius 3 is 2.56 bits per heavy atom. The maximum Gasteiger partial charge on any atom is 0.142 e. The van der Waals surface area contributed by atoms with Crippen LogP contribution in [-0.2, 0) is 6.54 Å². The second kappa shape index (κ2) is 7.13. The summed E-state index contributed by atoms with van der Waals surface area (Å²) < 4.78 is 4.35. The van der Waals surface area contributed by atoms with Crippen molar-refractivity contribution >= 4 is 0 Å². The Balaban J connectivity index is 1.70. The zero-order chi connectivity index (χ0) is 16.9. The molecule has 0 bridgehead atoms. The van der Waals surface area contributed by atoms with E-state index in [9.17, 15) is 0 Å². The van der Waals surface area contributed by atoms with Crippen LogP contribution in [0.25, 0.3) is 11.4 Å². The Hall–Kier alpha value is -3.21. The van der Waals surface area contributed by atoms with Crippen LogP contribution in [0.3, 0.4) is 0 Å². The summed E-state index contributed by atoms with van der Waals surface area (Å²) in [7, 11) is 0. The highest BCUT2D eigenvalue weighted by Gasteiger charge is 2.18. The molecular formula is C20H19N5. The summed E-state index contributed by atoms with van der Waals surface area (Å²) >= 11 is 0. The van der Waals surface area contributed by atoms with Gasteiger partial charge in [-0.05, 0) is 24.1 Å². The van der Waals surface area contributed by atoms with Gasteiger partial charge in [0.25, 0.3) is 0 Å². The smallest absolute Gasteiger partial charge is 0.142 e. The lowest BCUT2D eigenvalue weighted by Gasteiger charge is -2.22. The van der Waals surface area contributed by atoms with Crippen molar-refractivity contribution in [2.24, 2.45) is 0 Å². The average Bonchev–Trinajstić information content (AvgIpc) is 3.36. The lowest BCUT2D eigenvalue weighted by atomic mass is 10.0. The monoisotopic (exact) mass is 329 g/mol. The highest BCUT2D eigenvalue weighted by Crippen LogP contribution is 2.28. The van der Waals surface area contributed by atoms with Crippen molar-refractivity contribution in [3.05, 3.63) is 91.5 Å². The molecule has 124 valence electrons. The van der Waals surface area contributed by atoms with Gasteiger partial charge in [-0.1, -0.05) is 30.3 Å². The molecule has 4 rings (SSSR count). The zero-order valence-electron chi connectivity index (χ0n) is 13.8. The van der Waals surface area contributed by atoms with Gasteiger partial charge in [0.1, 0.15) is 5.82 Å². The topological polar surface area (TPSA) is 48.5 Å². The molecule has 3 heterocycles. The fraction of sp³-hybridized carbons (Fsp3) is 0.150. The molecule has 0 aliphatic carbocycles. The van der Waals surface area contributed by atoms with Crippen LogP contribution in [0.1, 0.15) is 18.0 Å². The summed E-state index contributed by atoms with van der Waals surface area (Å²) in [5.41, 5.74) is 2.29. The zero-order valence-corrected chi connectivity index (χ0v) is 13.8. The number of rotatable bonds is 6. The second-order valence-corrected chi connectivity index (χ2v) is 5.92. The van der Waals surface area contributed by atoms with Gasteiger partial charge in [0.15, 0.2) is 0 Å². The fourth-order valence-electron chi connectivity index (χ4n) is 3.12. The summed E-state index contributed by atoms with van der Waals surface area (Å²) in [6, 6.07) is 14.7. The molecule has 0 aliphatic rings. The predicted octanol–water partition coefficient (Wildman–Crippen LogP) is 3.82. The maximum atomic E-state index is 4.58. The highest BCUT2D eigenvalue weighted by molar-refractivity contribution is 5.54. The normalized spacial score (nSPS) is 12.2. The molecule has 3 aromatic heterocycles. The van der Waals surface area contributed by atoms with E-state index in [0.29, 0.717) is 0 Å². The molecule has 0 radical (unpaired) electrons. The number of pyridine rings is 1. The highest BCUT2D eigenvalue weighted by atomic mass is 15.1. The van der Waals surface area contributed by atoms with E-state index >= 15 is 0 Å². The van der Waals surface area contributed by atoms with Crippen LogP contribution in [-0.4, -0.2) is 24.1 Å². The van der Waals surface area contributed by atoms with Crippen molar-refractivity contribution in [3.63, 3.8) is 0 Å². The summed E-state index contributed by atoms with van der Waals surface area (Å²) in [6.45, 7) is 0.893. The first kappa shape index (κ1) is 15.3. The Morgan fingerprint density at radius 1 is 0.880 bits per heavy atom. The fourth-order valence-corrected chi connectivity index (χ4v) is 3.12. The Kier molecular flexibility index (Phi) is 4.37. The van der Waals surface area contributed by atoms with E-state index in [1.165, 1.54) is 5.56 Å². The van der Waals surface area contributed by atoms with Gasteiger partial charge in [-0.25, -0.2) is 9.97 Å². The first-order valence-corrected chi connectivity index (χ1v) is 8.36. The largest absolute Gasteiger partial charge is 0.337 e. The SMILES string of the molecule is c1ccc(C(CCn2ccnc2)n2ccnc2-c2cccnc2)cc1. The standard InChI is InChI=1S/C20H19N5/c1-2-5-17(6-3-1)19(8-12-24-13-10-22-16-24)25-14-11-23-20(25)18-7-4-9-21-15-18/h1-7,9-11,13-16,19H,8,12H2. The Bertz CT molecular complexity index is 898. The van der Waals surface area contributed by atoms with E-state index in [1.54, 1.807) is 6.20 Å². The number of hydrogen-bond acceptors (Lipinski definition) is 3. The molecule has 0 saturated heterocycles. The minimum atomic E-state index is 0.196. The summed E-state index contributed by atoms with van der Waals surface area (Å²) in [6.07, 6.45) is 14.2. The third-order valence-electron chi connectivity index (χ3n) is 4.33. The van der Waals surface area contributed by atoms with Gasteiger partial charge >= 0.3 is 0 Å². The van der Waals surface area contributed by atoms with Crippen molar-refractivity contribution in [2.75, 3.05) is 0 Å². The van der Waals surface area contributed by atoms with E-state index in [0.717, 1.165) is 24.4 Å². The van der Waals surface area contributed by atoms with Crippen molar-refractivity contribution < 1.29 is 0 Å². The van der Waals surface area contributed by atoms with Crippen LogP contribution in [0.2, 0.25) is 0 Å². The second-order valence-electron chi connectivity index (χ2n) is 5.92. The minimum absolute atomic E-state index is 0.196.